The van der Waals surface area contributed by atoms with Gasteiger partial charge in [0.2, 0.25) is 0 Å². The van der Waals surface area contributed by atoms with Gasteiger partial charge in [-0.2, -0.15) is 0 Å². The molecule has 1 atom stereocenters. The van der Waals surface area contributed by atoms with Gasteiger partial charge in [0.05, 0.1) is 10.0 Å². The topological polar surface area (TPSA) is 30.9 Å². The van der Waals surface area contributed by atoms with Gasteiger partial charge in [-0.25, -0.2) is 0 Å². The van der Waals surface area contributed by atoms with Crippen LogP contribution < -0.4 is 5.73 Å². The maximum atomic E-state index is 6.10. The van der Waals surface area contributed by atoms with Gasteiger partial charge < -0.3 is 10.3 Å². The van der Waals surface area contributed by atoms with Crippen LogP contribution in [0.1, 0.15) is 36.9 Å². The van der Waals surface area contributed by atoms with Gasteiger partial charge >= 0.3 is 0 Å². The van der Waals surface area contributed by atoms with Crippen molar-refractivity contribution in [3.63, 3.8) is 0 Å². The monoisotopic (exact) mass is 296 g/mol. The molecule has 2 nitrogen and oxygen atoms in total. The summed E-state index contributed by atoms with van der Waals surface area (Å²) in [6, 6.07) is 7.92. The van der Waals surface area contributed by atoms with Gasteiger partial charge in [-0.05, 0) is 35.7 Å². The Bertz CT molecular complexity index is 549. The van der Waals surface area contributed by atoms with E-state index in [4.69, 9.17) is 28.9 Å². The average molecular weight is 297 g/mol. The molecule has 1 aromatic carbocycles. The molecule has 19 heavy (non-hydrogen) atoms. The first-order valence-corrected chi connectivity index (χ1v) is 7.21. The number of benzene rings is 1. The predicted molar refractivity (Wildman–Crippen MR) is 81.8 cm³/mol. The Morgan fingerprint density at radius 3 is 2.68 bits per heavy atom. The largest absolute Gasteiger partial charge is 0.350 e. The molecule has 0 bridgehead atoms. The maximum absolute atomic E-state index is 6.10. The van der Waals surface area contributed by atoms with Gasteiger partial charge in [-0.3, -0.25) is 0 Å². The van der Waals surface area contributed by atoms with Gasteiger partial charge in [0.15, 0.2) is 0 Å². The number of rotatable bonds is 5. The van der Waals surface area contributed by atoms with E-state index in [-0.39, 0.29) is 6.04 Å². The van der Waals surface area contributed by atoms with Crippen molar-refractivity contribution in [3.8, 4) is 0 Å². The minimum Gasteiger partial charge on any atom is -0.350 e. The molecule has 1 unspecified atom stereocenters. The SMILES string of the molecule is CCCC(N)c1ccn(Cc2ccc(Cl)c(Cl)c2)c1. The fourth-order valence-corrected chi connectivity index (χ4v) is 2.42. The first-order chi connectivity index (χ1) is 9.10. The fourth-order valence-electron chi connectivity index (χ4n) is 2.10. The molecular formula is C15H18Cl2N2. The molecule has 1 heterocycles. The van der Waals surface area contributed by atoms with Crippen LogP contribution in [0.3, 0.4) is 0 Å². The highest BCUT2D eigenvalue weighted by atomic mass is 35.5. The van der Waals surface area contributed by atoms with E-state index in [0.717, 1.165) is 24.9 Å². The van der Waals surface area contributed by atoms with Crippen LogP contribution in [0.25, 0.3) is 0 Å². The van der Waals surface area contributed by atoms with Crippen LogP contribution >= 0.6 is 23.2 Å². The van der Waals surface area contributed by atoms with Crippen molar-refractivity contribution < 1.29 is 0 Å². The van der Waals surface area contributed by atoms with Gasteiger partial charge in [-0.15, -0.1) is 0 Å². The van der Waals surface area contributed by atoms with Crippen LogP contribution in [-0.4, -0.2) is 4.57 Å². The fraction of sp³-hybridized carbons (Fsp3) is 0.333. The molecular weight excluding hydrogens is 279 g/mol. The van der Waals surface area contributed by atoms with Crippen LogP contribution in [0.5, 0.6) is 0 Å². The van der Waals surface area contributed by atoms with Crippen molar-refractivity contribution in [1.82, 2.24) is 4.57 Å². The number of nitrogens with zero attached hydrogens (tertiary/aromatic N) is 1. The van der Waals surface area contributed by atoms with E-state index in [1.165, 1.54) is 5.56 Å². The zero-order valence-electron chi connectivity index (χ0n) is 10.9. The molecule has 0 aliphatic carbocycles. The lowest BCUT2D eigenvalue weighted by Crippen LogP contribution is -2.08. The molecule has 1 aromatic heterocycles. The molecule has 0 saturated carbocycles. The highest BCUT2D eigenvalue weighted by Crippen LogP contribution is 2.23. The van der Waals surface area contributed by atoms with E-state index >= 15 is 0 Å². The summed E-state index contributed by atoms with van der Waals surface area (Å²) in [4.78, 5) is 0. The molecule has 0 fully saturated rings. The van der Waals surface area contributed by atoms with E-state index in [9.17, 15) is 0 Å². The Labute approximate surface area is 124 Å². The van der Waals surface area contributed by atoms with E-state index in [0.29, 0.717) is 10.0 Å². The smallest absolute Gasteiger partial charge is 0.0595 e. The lowest BCUT2D eigenvalue weighted by Gasteiger charge is -2.08. The Morgan fingerprint density at radius 1 is 1.21 bits per heavy atom. The summed E-state index contributed by atoms with van der Waals surface area (Å²) in [5, 5.41) is 1.18. The standard InChI is InChI=1S/C15H18Cl2N2/c1-2-3-15(18)12-6-7-19(10-12)9-11-4-5-13(16)14(17)8-11/h4-8,10,15H,2-3,9,18H2,1H3. The summed E-state index contributed by atoms with van der Waals surface area (Å²) in [5.74, 6) is 0. The highest BCUT2D eigenvalue weighted by Gasteiger charge is 2.07. The summed E-state index contributed by atoms with van der Waals surface area (Å²) >= 11 is 11.9. The Kier molecular flexibility index (Phi) is 4.92. The normalized spacial score (nSPS) is 12.6. The number of nitrogens with two attached hydrogens (primary N) is 1. The third kappa shape index (κ3) is 3.75. The molecule has 2 rings (SSSR count). The summed E-state index contributed by atoms with van der Waals surface area (Å²) in [7, 11) is 0. The summed E-state index contributed by atoms with van der Waals surface area (Å²) in [6.07, 6.45) is 6.26. The first kappa shape index (κ1) is 14.4. The molecule has 0 spiro atoms. The molecule has 0 aliphatic heterocycles. The Morgan fingerprint density at radius 2 is 2.00 bits per heavy atom. The van der Waals surface area contributed by atoms with Gasteiger partial charge in [0.1, 0.15) is 0 Å². The summed E-state index contributed by atoms with van der Waals surface area (Å²) in [5.41, 5.74) is 8.41. The van der Waals surface area contributed by atoms with E-state index < -0.39 is 0 Å². The number of hydrogen-bond acceptors (Lipinski definition) is 1. The molecule has 102 valence electrons. The summed E-state index contributed by atoms with van der Waals surface area (Å²) in [6.45, 7) is 2.92. The van der Waals surface area contributed by atoms with Gasteiger partial charge in [0.25, 0.3) is 0 Å². The predicted octanol–water partition coefficient (Wildman–Crippen LogP) is 4.64. The zero-order valence-corrected chi connectivity index (χ0v) is 12.5. The van der Waals surface area contributed by atoms with Crippen LogP contribution in [0.2, 0.25) is 10.0 Å². The van der Waals surface area contributed by atoms with Crippen LogP contribution in [0, 0.1) is 0 Å². The Balaban J connectivity index is 2.09. The molecule has 0 aliphatic rings. The van der Waals surface area contributed by atoms with Crippen LogP contribution in [-0.2, 0) is 6.54 Å². The average Bonchev–Trinajstić information content (AvgIpc) is 2.83. The van der Waals surface area contributed by atoms with E-state index in [2.05, 4.69) is 23.8 Å². The molecule has 2 N–H and O–H groups in total. The second-order valence-electron chi connectivity index (χ2n) is 4.76. The summed E-state index contributed by atoms with van der Waals surface area (Å²) < 4.78 is 2.12. The minimum atomic E-state index is 0.125. The van der Waals surface area contributed by atoms with Crippen molar-refractivity contribution in [1.29, 1.82) is 0 Å². The minimum absolute atomic E-state index is 0.125. The van der Waals surface area contributed by atoms with E-state index in [1.807, 2.05) is 24.4 Å². The van der Waals surface area contributed by atoms with Crippen molar-refractivity contribution >= 4 is 23.2 Å². The first-order valence-electron chi connectivity index (χ1n) is 6.45. The van der Waals surface area contributed by atoms with Crippen LogP contribution in [0.4, 0.5) is 0 Å². The van der Waals surface area contributed by atoms with Crippen molar-refractivity contribution in [2.75, 3.05) is 0 Å². The molecule has 0 amide bonds. The third-order valence-electron chi connectivity index (χ3n) is 3.15. The molecule has 4 heteroatoms. The molecule has 0 saturated heterocycles. The second-order valence-corrected chi connectivity index (χ2v) is 5.58. The third-order valence-corrected chi connectivity index (χ3v) is 3.89. The Hall–Kier alpha value is -0.960. The number of halogens is 2. The van der Waals surface area contributed by atoms with Crippen LogP contribution in [0.15, 0.2) is 36.7 Å². The van der Waals surface area contributed by atoms with Gasteiger partial charge in [0, 0.05) is 25.0 Å². The maximum Gasteiger partial charge on any atom is 0.0595 e. The lowest BCUT2D eigenvalue weighted by atomic mass is 10.1. The second kappa shape index (κ2) is 6.47. The zero-order chi connectivity index (χ0) is 13.8. The van der Waals surface area contributed by atoms with Crippen molar-refractivity contribution in [3.05, 3.63) is 57.8 Å². The number of hydrogen-bond donors (Lipinski definition) is 1. The lowest BCUT2D eigenvalue weighted by molar-refractivity contribution is 0.636. The van der Waals surface area contributed by atoms with Gasteiger partial charge in [-0.1, -0.05) is 42.6 Å². The highest BCUT2D eigenvalue weighted by molar-refractivity contribution is 6.42. The van der Waals surface area contributed by atoms with Crippen molar-refractivity contribution in [2.24, 2.45) is 5.73 Å². The number of aromatic nitrogens is 1. The molecule has 2 aromatic rings. The van der Waals surface area contributed by atoms with E-state index in [1.54, 1.807) is 0 Å². The molecule has 0 radical (unpaired) electrons. The quantitative estimate of drug-likeness (QED) is 0.856. The van der Waals surface area contributed by atoms with Crippen molar-refractivity contribution in [2.45, 2.75) is 32.4 Å².